The predicted octanol–water partition coefficient (Wildman–Crippen LogP) is 2.27. The van der Waals surface area contributed by atoms with E-state index < -0.39 is 0 Å². The number of carbonyl (C=O) groups is 1. The molecule has 4 nitrogen and oxygen atoms in total. The zero-order valence-electron chi connectivity index (χ0n) is 9.64. The van der Waals surface area contributed by atoms with Gasteiger partial charge in [0.25, 0.3) is 5.91 Å². The van der Waals surface area contributed by atoms with Gasteiger partial charge in [-0.3, -0.25) is 9.48 Å². The molecule has 1 aromatic carbocycles. The number of hydrogen-bond donors (Lipinski definition) is 2. The smallest absolute Gasteiger partial charge is 0.257 e. The zero-order chi connectivity index (χ0) is 12.4. The molecule has 0 saturated carbocycles. The number of nitrogens with zero attached hydrogens (tertiary/aromatic N) is 2. The van der Waals surface area contributed by atoms with Crippen LogP contribution in [-0.2, 0) is 7.05 Å². The molecule has 5 heteroatoms. The van der Waals surface area contributed by atoms with Crippen LogP contribution >= 0.6 is 12.6 Å². The second-order valence-electron chi connectivity index (χ2n) is 3.83. The van der Waals surface area contributed by atoms with Crippen LogP contribution in [0.25, 0.3) is 0 Å². The van der Waals surface area contributed by atoms with Crippen molar-refractivity contribution in [2.75, 3.05) is 5.32 Å². The number of rotatable bonds is 2. The van der Waals surface area contributed by atoms with Gasteiger partial charge in [0.2, 0.25) is 0 Å². The van der Waals surface area contributed by atoms with Crippen LogP contribution in [0.15, 0.2) is 35.4 Å². The zero-order valence-corrected chi connectivity index (χ0v) is 10.5. The average Bonchev–Trinajstić information content (AvgIpc) is 2.67. The summed E-state index contributed by atoms with van der Waals surface area (Å²) in [6, 6.07) is 7.22. The summed E-state index contributed by atoms with van der Waals surface area (Å²) in [4.78, 5) is 12.8. The molecule has 1 aromatic heterocycles. The lowest BCUT2D eigenvalue weighted by atomic mass is 10.1. The molecule has 1 amide bonds. The third kappa shape index (κ3) is 2.68. The Balaban J connectivity index is 2.22. The predicted molar refractivity (Wildman–Crippen MR) is 69.6 cm³/mol. The summed E-state index contributed by atoms with van der Waals surface area (Å²) in [6.07, 6.45) is 1.78. The molecule has 0 spiro atoms. The summed E-state index contributed by atoms with van der Waals surface area (Å²) >= 11 is 4.23. The summed E-state index contributed by atoms with van der Waals surface area (Å²) in [5.74, 6) is 0.374. The first kappa shape index (κ1) is 11.7. The molecule has 0 aliphatic rings. The number of thiol groups is 1. The van der Waals surface area contributed by atoms with E-state index in [1.165, 1.54) is 0 Å². The second-order valence-corrected chi connectivity index (χ2v) is 4.34. The summed E-state index contributed by atoms with van der Waals surface area (Å²) < 4.78 is 1.64. The van der Waals surface area contributed by atoms with Crippen molar-refractivity contribution < 1.29 is 4.79 Å². The molecular weight excluding hydrogens is 234 g/mol. The van der Waals surface area contributed by atoms with Crippen LogP contribution in [0.3, 0.4) is 0 Å². The Labute approximate surface area is 105 Å². The molecule has 0 unspecified atom stereocenters. The van der Waals surface area contributed by atoms with Gasteiger partial charge in [0.1, 0.15) is 0 Å². The number of aryl methyl sites for hydroxylation is 2. The topological polar surface area (TPSA) is 46.9 Å². The monoisotopic (exact) mass is 247 g/mol. The molecule has 2 rings (SSSR count). The summed E-state index contributed by atoms with van der Waals surface area (Å²) in [5.41, 5.74) is 1.53. The number of carbonyl (C=O) groups excluding carboxylic acids is 1. The molecule has 0 aliphatic heterocycles. The minimum Gasteiger partial charge on any atom is -0.305 e. The molecular formula is C12H13N3OS. The Bertz CT molecular complexity index is 563. The number of nitrogens with one attached hydrogen (secondary N) is 1. The van der Waals surface area contributed by atoms with Gasteiger partial charge in [-0.15, -0.1) is 12.6 Å². The number of anilines is 1. The third-order valence-electron chi connectivity index (χ3n) is 2.42. The summed E-state index contributed by atoms with van der Waals surface area (Å²) in [7, 11) is 1.80. The first-order valence-electron chi connectivity index (χ1n) is 5.17. The van der Waals surface area contributed by atoms with E-state index in [0.717, 1.165) is 10.5 Å². The molecule has 0 radical (unpaired) electrons. The normalized spacial score (nSPS) is 10.3. The number of aromatic nitrogens is 2. The van der Waals surface area contributed by atoms with E-state index in [9.17, 15) is 4.79 Å². The van der Waals surface area contributed by atoms with E-state index >= 15 is 0 Å². The highest BCUT2D eigenvalue weighted by molar-refractivity contribution is 7.80. The maximum Gasteiger partial charge on any atom is 0.257 e. The Kier molecular flexibility index (Phi) is 3.19. The van der Waals surface area contributed by atoms with Crippen molar-refractivity contribution >= 4 is 24.4 Å². The SMILES string of the molecule is Cc1ccc(S)cc1C(=O)Nc1ccn(C)n1. The molecule has 2 aromatic rings. The van der Waals surface area contributed by atoms with Gasteiger partial charge >= 0.3 is 0 Å². The van der Waals surface area contributed by atoms with E-state index in [1.54, 1.807) is 30.1 Å². The Morgan fingerprint density at radius 3 is 2.82 bits per heavy atom. The molecule has 1 heterocycles. The Morgan fingerprint density at radius 2 is 2.18 bits per heavy atom. The van der Waals surface area contributed by atoms with Crippen LogP contribution < -0.4 is 5.32 Å². The van der Waals surface area contributed by atoms with Gasteiger partial charge in [0.05, 0.1) is 0 Å². The fourth-order valence-electron chi connectivity index (χ4n) is 1.52. The lowest BCUT2D eigenvalue weighted by molar-refractivity contribution is 0.102. The van der Waals surface area contributed by atoms with E-state index in [1.807, 2.05) is 19.1 Å². The Morgan fingerprint density at radius 1 is 1.41 bits per heavy atom. The highest BCUT2D eigenvalue weighted by atomic mass is 32.1. The van der Waals surface area contributed by atoms with Crippen LogP contribution in [0, 0.1) is 6.92 Å². The third-order valence-corrected chi connectivity index (χ3v) is 2.70. The van der Waals surface area contributed by atoms with Crippen LogP contribution in [0.4, 0.5) is 5.82 Å². The molecule has 0 bridgehead atoms. The molecule has 0 fully saturated rings. The minimum absolute atomic E-state index is 0.169. The molecule has 0 atom stereocenters. The summed E-state index contributed by atoms with van der Waals surface area (Å²) in [6.45, 7) is 1.89. The molecule has 17 heavy (non-hydrogen) atoms. The second kappa shape index (κ2) is 4.63. The largest absolute Gasteiger partial charge is 0.305 e. The lowest BCUT2D eigenvalue weighted by Crippen LogP contribution is -2.14. The van der Waals surface area contributed by atoms with Crippen molar-refractivity contribution in [1.29, 1.82) is 0 Å². The van der Waals surface area contributed by atoms with E-state index in [0.29, 0.717) is 11.4 Å². The van der Waals surface area contributed by atoms with Gasteiger partial charge in [0.15, 0.2) is 5.82 Å². The van der Waals surface area contributed by atoms with Gasteiger partial charge in [0, 0.05) is 29.8 Å². The van der Waals surface area contributed by atoms with Crippen molar-refractivity contribution in [2.24, 2.45) is 7.05 Å². The quantitative estimate of drug-likeness (QED) is 0.800. The molecule has 1 N–H and O–H groups in total. The maximum absolute atomic E-state index is 12.0. The van der Waals surface area contributed by atoms with E-state index in [2.05, 4.69) is 23.0 Å². The van der Waals surface area contributed by atoms with Crippen LogP contribution in [0.1, 0.15) is 15.9 Å². The highest BCUT2D eigenvalue weighted by Gasteiger charge is 2.10. The van der Waals surface area contributed by atoms with Gasteiger partial charge in [-0.1, -0.05) is 6.07 Å². The maximum atomic E-state index is 12.0. The van der Waals surface area contributed by atoms with Crippen LogP contribution in [-0.4, -0.2) is 15.7 Å². The van der Waals surface area contributed by atoms with Gasteiger partial charge in [-0.25, -0.2) is 0 Å². The first-order valence-corrected chi connectivity index (χ1v) is 5.61. The average molecular weight is 247 g/mol. The van der Waals surface area contributed by atoms with Gasteiger partial charge < -0.3 is 5.32 Å². The lowest BCUT2D eigenvalue weighted by Gasteiger charge is -2.06. The number of benzene rings is 1. The van der Waals surface area contributed by atoms with Crippen LogP contribution in [0.5, 0.6) is 0 Å². The van der Waals surface area contributed by atoms with Gasteiger partial charge in [-0.2, -0.15) is 5.10 Å². The van der Waals surface area contributed by atoms with Crippen molar-refractivity contribution in [3.63, 3.8) is 0 Å². The number of hydrogen-bond acceptors (Lipinski definition) is 3. The highest BCUT2D eigenvalue weighted by Crippen LogP contribution is 2.15. The number of amides is 1. The fourth-order valence-corrected chi connectivity index (χ4v) is 1.72. The fraction of sp³-hybridized carbons (Fsp3) is 0.167. The van der Waals surface area contributed by atoms with E-state index in [-0.39, 0.29) is 5.91 Å². The van der Waals surface area contributed by atoms with E-state index in [4.69, 9.17) is 0 Å². The van der Waals surface area contributed by atoms with Crippen molar-refractivity contribution in [3.05, 3.63) is 41.6 Å². The van der Waals surface area contributed by atoms with Crippen molar-refractivity contribution in [3.8, 4) is 0 Å². The molecule has 0 saturated heterocycles. The van der Waals surface area contributed by atoms with Crippen molar-refractivity contribution in [2.45, 2.75) is 11.8 Å². The minimum atomic E-state index is -0.169. The van der Waals surface area contributed by atoms with Gasteiger partial charge in [-0.05, 0) is 24.6 Å². The van der Waals surface area contributed by atoms with Crippen molar-refractivity contribution in [1.82, 2.24) is 9.78 Å². The van der Waals surface area contributed by atoms with Crippen LogP contribution in [0.2, 0.25) is 0 Å². The Hall–Kier alpha value is -1.75. The molecule has 0 aliphatic carbocycles. The first-order chi connectivity index (χ1) is 8.06. The standard InChI is InChI=1S/C12H13N3OS/c1-8-3-4-9(17)7-10(8)12(16)13-11-5-6-15(2)14-11/h3-7,17H,1-2H3,(H,13,14,16). The molecule has 88 valence electrons. The summed E-state index contributed by atoms with van der Waals surface area (Å²) in [5, 5.41) is 6.84.